The maximum atomic E-state index is 11.7. The summed E-state index contributed by atoms with van der Waals surface area (Å²) >= 11 is 0. The second-order valence-electron chi connectivity index (χ2n) is 4.74. The van der Waals surface area contributed by atoms with Crippen LogP contribution in [0.4, 0.5) is 11.4 Å². The largest absolute Gasteiger partial charge is 0.462 e. The fourth-order valence-corrected chi connectivity index (χ4v) is 2.04. The molecule has 4 heteroatoms. The Morgan fingerprint density at radius 2 is 2.11 bits per heavy atom. The monoisotopic (exact) mass is 264 g/mol. The van der Waals surface area contributed by atoms with Crippen LogP contribution < -0.4 is 10.6 Å². The minimum Gasteiger partial charge on any atom is -0.462 e. The predicted molar refractivity (Wildman–Crippen MR) is 79.6 cm³/mol. The van der Waals surface area contributed by atoms with E-state index in [4.69, 9.17) is 10.5 Å². The minimum absolute atomic E-state index is 0.305. The summed E-state index contributed by atoms with van der Waals surface area (Å²) < 4.78 is 5.01. The van der Waals surface area contributed by atoms with Gasteiger partial charge in [-0.25, -0.2) is 4.79 Å². The number of carbonyl (C=O) groups excluding carboxylic acids is 1. The molecule has 0 bridgehead atoms. The first-order chi connectivity index (χ1) is 9.01. The molecule has 1 aromatic carbocycles. The molecule has 0 heterocycles. The lowest BCUT2D eigenvalue weighted by Gasteiger charge is -2.28. The molecular weight excluding hydrogens is 240 g/mol. The van der Waals surface area contributed by atoms with Crippen LogP contribution in [0.25, 0.3) is 0 Å². The van der Waals surface area contributed by atoms with Crippen LogP contribution in [0.3, 0.4) is 0 Å². The number of esters is 1. The quantitative estimate of drug-likeness (QED) is 0.633. The van der Waals surface area contributed by atoms with Crippen molar-refractivity contribution < 1.29 is 9.53 Å². The van der Waals surface area contributed by atoms with Gasteiger partial charge in [0.2, 0.25) is 0 Å². The second kappa shape index (κ2) is 7.02. The van der Waals surface area contributed by atoms with Crippen molar-refractivity contribution in [1.82, 2.24) is 0 Å². The van der Waals surface area contributed by atoms with Crippen LogP contribution in [-0.4, -0.2) is 25.7 Å². The first kappa shape index (κ1) is 15.3. The minimum atomic E-state index is -0.305. The Morgan fingerprint density at radius 3 is 2.68 bits per heavy atom. The van der Waals surface area contributed by atoms with E-state index in [1.165, 1.54) is 0 Å². The standard InChI is InChI=1S/C15H24N2O2/c1-5-7-11(3)17(4)14-10-12(8-9-13(14)16)15(18)19-6-2/h8-11H,5-7,16H2,1-4H3. The van der Waals surface area contributed by atoms with Gasteiger partial charge in [0.25, 0.3) is 0 Å². The van der Waals surface area contributed by atoms with E-state index in [9.17, 15) is 4.79 Å². The molecule has 0 aliphatic heterocycles. The zero-order chi connectivity index (χ0) is 14.4. The molecule has 0 aliphatic rings. The van der Waals surface area contributed by atoms with Gasteiger partial charge in [0, 0.05) is 13.1 Å². The number of nitrogen functional groups attached to an aromatic ring is 1. The topological polar surface area (TPSA) is 55.6 Å². The molecule has 0 amide bonds. The van der Waals surface area contributed by atoms with Crippen molar-refractivity contribution in [2.75, 3.05) is 24.3 Å². The molecule has 0 radical (unpaired) electrons. The van der Waals surface area contributed by atoms with Crippen LogP contribution in [0.1, 0.15) is 44.0 Å². The average Bonchev–Trinajstić information content (AvgIpc) is 2.39. The van der Waals surface area contributed by atoms with Crippen molar-refractivity contribution >= 4 is 17.3 Å². The molecular formula is C15H24N2O2. The Balaban J connectivity index is 2.99. The van der Waals surface area contributed by atoms with Crippen molar-refractivity contribution in [2.45, 2.75) is 39.7 Å². The second-order valence-corrected chi connectivity index (χ2v) is 4.74. The van der Waals surface area contributed by atoms with Crippen LogP contribution in [0.15, 0.2) is 18.2 Å². The molecule has 0 aromatic heterocycles. The number of nitrogens with zero attached hydrogens (tertiary/aromatic N) is 1. The number of hydrogen-bond donors (Lipinski definition) is 1. The Morgan fingerprint density at radius 1 is 1.42 bits per heavy atom. The fourth-order valence-electron chi connectivity index (χ4n) is 2.04. The van der Waals surface area contributed by atoms with Crippen molar-refractivity contribution in [3.63, 3.8) is 0 Å². The highest BCUT2D eigenvalue weighted by molar-refractivity contribution is 5.92. The van der Waals surface area contributed by atoms with E-state index in [1.807, 2.05) is 7.05 Å². The molecule has 0 fully saturated rings. The average molecular weight is 264 g/mol. The summed E-state index contributed by atoms with van der Waals surface area (Å²) in [6, 6.07) is 5.65. The summed E-state index contributed by atoms with van der Waals surface area (Å²) in [5.41, 5.74) is 8.11. The van der Waals surface area contributed by atoms with Crippen molar-refractivity contribution in [3.05, 3.63) is 23.8 Å². The number of anilines is 2. The zero-order valence-electron chi connectivity index (χ0n) is 12.3. The number of benzene rings is 1. The molecule has 1 rings (SSSR count). The highest BCUT2D eigenvalue weighted by atomic mass is 16.5. The van der Waals surface area contributed by atoms with Gasteiger partial charge in [-0.1, -0.05) is 13.3 Å². The van der Waals surface area contributed by atoms with Gasteiger partial charge in [0.1, 0.15) is 0 Å². The predicted octanol–water partition coefficient (Wildman–Crippen LogP) is 3.07. The third-order valence-electron chi connectivity index (χ3n) is 3.29. The van der Waals surface area contributed by atoms with Crippen molar-refractivity contribution in [3.8, 4) is 0 Å². The summed E-state index contributed by atoms with van der Waals surface area (Å²) in [5, 5.41) is 0. The highest BCUT2D eigenvalue weighted by Crippen LogP contribution is 2.26. The molecule has 1 atom stereocenters. The molecule has 0 aliphatic carbocycles. The van der Waals surface area contributed by atoms with Crippen LogP contribution in [0, 0.1) is 0 Å². The summed E-state index contributed by atoms with van der Waals surface area (Å²) in [6.07, 6.45) is 2.20. The number of nitrogens with two attached hydrogens (primary N) is 1. The van der Waals surface area contributed by atoms with Crippen molar-refractivity contribution in [2.24, 2.45) is 0 Å². The van der Waals surface area contributed by atoms with E-state index in [1.54, 1.807) is 25.1 Å². The number of rotatable bonds is 6. The fraction of sp³-hybridized carbons (Fsp3) is 0.533. The van der Waals surface area contributed by atoms with Gasteiger partial charge in [-0.15, -0.1) is 0 Å². The van der Waals surface area contributed by atoms with Crippen LogP contribution in [0.5, 0.6) is 0 Å². The summed E-state index contributed by atoms with van der Waals surface area (Å²) in [4.78, 5) is 13.9. The summed E-state index contributed by atoms with van der Waals surface area (Å²) in [5.74, 6) is -0.305. The van der Waals surface area contributed by atoms with E-state index >= 15 is 0 Å². The van der Waals surface area contributed by atoms with E-state index < -0.39 is 0 Å². The van der Waals surface area contributed by atoms with Gasteiger partial charge in [-0.3, -0.25) is 0 Å². The Bertz CT molecular complexity index is 432. The van der Waals surface area contributed by atoms with Crippen LogP contribution >= 0.6 is 0 Å². The lowest BCUT2D eigenvalue weighted by molar-refractivity contribution is 0.0526. The summed E-state index contributed by atoms with van der Waals surface area (Å²) in [7, 11) is 2.00. The van der Waals surface area contributed by atoms with E-state index in [-0.39, 0.29) is 5.97 Å². The van der Waals surface area contributed by atoms with Gasteiger partial charge in [0.05, 0.1) is 23.5 Å². The Labute approximate surface area is 115 Å². The first-order valence-electron chi connectivity index (χ1n) is 6.80. The lowest BCUT2D eigenvalue weighted by Crippen LogP contribution is -2.29. The third kappa shape index (κ3) is 3.88. The Hall–Kier alpha value is -1.71. The molecule has 19 heavy (non-hydrogen) atoms. The Kier molecular flexibility index (Phi) is 5.67. The highest BCUT2D eigenvalue weighted by Gasteiger charge is 2.15. The van der Waals surface area contributed by atoms with Crippen molar-refractivity contribution in [1.29, 1.82) is 0 Å². The van der Waals surface area contributed by atoms with Crippen LogP contribution in [-0.2, 0) is 4.74 Å². The van der Waals surface area contributed by atoms with Gasteiger partial charge in [-0.2, -0.15) is 0 Å². The lowest BCUT2D eigenvalue weighted by atomic mass is 10.1. The molecule has 4 nitrogen and oxygen atoms in total. The molecule has 1 aromatic rings. The normalized spacial score (nSPS) is 12.0. The van der Waals surface area contributed by atoms with Gasteiger partial charge in [0.15, 0.2) is 0 Å². The van der Waals surface area contributed by atoms with Gasteiger partial charge < -0.3 is 15.4 Å². The molecule has 0 saturated carbocycles. The number of carbonyl (C=O) groups is 1. The maximum absolute atomic E-state index is 11.7. The van der Waals surface area contributed by atoms with Crippen LogP contribution in [0.2, 0.25) is 0 Å². The molecule has 0 spiro atoms. The SMILES string of the molecule is CCCC(C)N(C)c1cc(C(=O)OCC)ccc1N. The number of ether oxygens (including phenoxy) is 1. The molecule has 0 saturated heterocycles. The molecule has 1 unspecified atom stereocenters. The van der Waals surface area contributed by atoms with E-state index in [0.717, 1.165) is 18.5 Å². The molecule has 106 valence electrons. The summed E-state index contributed by atoms with van der Waals surface area (Å²) in [6.45, 7) is 6.48. The van der Waals surface area contributed by atoms with Gasteiger partial charge in [-0.05, 0) is 38.5 Å². The van der Waals surface area contributed by atoms with E-state index in [2.05, 4.69) is 18.7 Å². The molecule has 2 N–H and O–H groups in total. The zero-order valence-corrected chi connectivity index (χ0v) is 12.3. The smallest absolute Gasteiger partial charge is 0.338 e. The third-order valence-corrected chi connectivity index (χ3v) is 3.29. The number of hydrogen-bond acceptors (Lipinski definition) is 4. The maximum Gasteiger partial charge on any atom is 0.338 e. The van der Waals surface area contributed by atoms with E-state index in [0.29, 0.717) is 23.9 Å². The first-order valence-corrected chi connectivity index (χ1v) is 6.80. The van der Waals surface area contributed by atoms with Gasteiger partial charge >= 0.3 is 5.97 Å².